The van der Waals surface area contributed by atoms with Crippen LogP contribution in [0.4, 0.5) is 0 Å². The standard InChI is InChI=1S/C64H37Cl/c65-54-37-53-52(58(41-22-9-3-10-23-41)61-47-31-15-26-38-27-16-32-48(55(38)47)62(61)59(53)42-24-11-4-12-25-42)36-51(54)43-34-35-50-60-44(43)30-17-33-49(60)63-56(39-18-5-1-6-19-39)45-28-13-14-29-46(45)57(64(50)63)40-20-7-2-8-21-40/h1-37H. The van der Waals surface area contributed by atoms with Crippen molar-refractivity contribution in [2.75, 3.05) is 0 Å². The second-order valence-electron chi connectivity index (χ2n) is 17.5. The average molecular weight is 841 g/mol. The number of fused-ring (bicyclic) bond motifs is 8. The quantitative estimate of drug-likeness (QED) is 0.162. The van der Waals surface area contributed by atoms with E-state index in [4.69, 9.17) is 11.6 Å². The Kier molecular flexibility index (Phi) is 7.84. The van der Waals surface area contributed by atoms with Crippen LogP contribution in [0.5, 0.6) is 0 Å². The van der Waals surface area contributed by atoms with E-state index in [2.05, 4.69) is 224 Å². The summed E-state index contributed by atoms with van der Waals surface area (Å²) in [6.45, 7) is 0. The van der Waals surface area contributed by atoms with Gasteiger partial charge in [0.1, 0.15) is 0 Å². The van der Waals surface area contributed by atoms with Crippen molar-refractivity contribution in [1.29, 1.82) is 0 Å². The summed E-state index contributed by atoms with van der Waals surface area (Å²) in [5.41, 5.74) is 22.2. The molecule has 1 heteroatoms. The van der Waals surface area contributed by atoms with Crippen LogP contribution in [0, 0.1) is 0 Å². The van der Waals surface area contributed by atoms with Crippen molar-refractivity contribution in [2.24, 2.45) is 0 Å². The van der Waals surface area contributed by atoms with E-state index in [-0.39, 0.29) is 0 Å². The van der Waals surface area contributed by atoms with Crippen LogP contribution in [0.1, 0.15) is 0 Å². The van der Waals surface area contributed by atoms with Crippen LogP contribution in [0.3, 0.4) is 0 Å². The maximum absolute atomic E-state index is 7.78. The van der Waals surface area contributed by atoms with Gasteiger partial charge in [0.25, 0.3) is 0 Å². The molecule has 0 nitrogen and oxygen atoms in total. The third-order valence-corrected chi connectivity index (χ3v) is 14.5. The zero-order valence-electron chi connectivity index (χ0n) is 35.2. The molecule has 0 atom stereocenters. The molecule has 0 saturated heterocycles. The van der Waals surface area contributed by atoms with Gasteiger partial charge in [-0.15, -0.1) is 0 Å². The number of benzene rings is 12. The molecule has 2 aliphatic rings. The van der Waals surface area contributed by atoms with E-state index in [1.54, 1.807) is 0 Å². The van der Waals surface area contributed by atoms with E-state index in [1.807, 2.05) is 0 Å². The Morgan fingerprint density at radius 1 is 0.215 bits per heavy atom. The van der Waals surface area contributed by atoms with Crippen LogP contribution in [-0.4, -0.2) is 0 Å². The Balaban J connectivity index is 1.10. The normalized spacial score (nSPS) is 12.1. The van der Waals surface area contributed by atoms with Crippen molar-refractivity contribution in [3.8, 4) is 100 Å². The summed E-state index contributed by atoms with van der Waals surface area (Å²) in [6.07, 6.45) is 0. The summed E-state index contributed by atoms with van der Waals surface area (Å²) in [7, 11) is 0. The molecule has 0 fully saturated rings. The molecule has 0 aromatic heterocycles. The summed E-state index contributed by atoms with van der Waals surface area (Å²) in [6, 6.07) is 82.5. The first-order valence-electron chi connectivity index (χ1n) is 22.5. The molecule has 14 rings (SSSR count). The lowest BCUT2D eigenvalue weighted by atomic mass is 9.81. The number of rotatable bonds is 5. The Bertz CT molecular complexity index is 3860. The predicted molar refractivity (Wildman–Crippen MR) is 278 cm³/mol. The Hall–Kier alpha value is -8.03. The molecule has 0 saturated carbocycles. The molecule has 0 amide bonds. The Morgan fingerprint density at radius 2 is 0.569 bits per heavy atom. The highest BCUT2D eigenvalue weighted by Crippen LogP contribution is 2.61. The molecular weight excluding hydrogens is 804 g/mol. The lowest BCUT2D eigenvalue weighted by Crippen LogP contribution is -1.95. The zero-order valence-corrected chi connectivity index (χ0v) is 36.0. The van der Waals surface area contributed by atoms with Gasteiger partial charge >= 0.3 is 0 Å². The second-order valence-corrected chi connectivity index (χ2v) is 17.9. The molecule has 65 heavy (non-hydrogen) atoms. The Labute approximate surface area is 382 Å². The van der Waals surface area contributed by atoms with Crippen molar-refractivity contribution >= 4 is 54.7 Å². The van der Waals surface area contributed by atoms with Crippen molar-refractivity contribution < 1.29 is 0 Å². The van der Waals surface area contributed by atoms with Gasteiger partial charge in [-0.25, -0.2) is 0 Å². The lowest BCUT2D eigenvalue weighted by Gasteiger charge is -2.22. The van der Waals surface area contributed by atoms with E-state index in [0.717, 1.165) is 21.5 Å². The first-order chi connectivity index (χ1) is 32.2. The van der Waals surface area contributed by atoms with Gasteiger partial charge < -0.3 is 0 Å². The SMILES string of the molecule is Clc1cc2c(-c3ccccc3)c3c(c(-c4ccccc4)c2cc1-c1ccc2c4c(cccc14)-c1c-2c(-c2ccccc2)c2ccccc2c1-c1ccccc1)-c1cccc2cccc-3c12. The smallest absolute Gasteiger partial charge is 0.0491 e. The van der Waals surface area contributed by atoms with Crippen molar-refractivity contribution in [1.82, 2.24) is 0 Å². The fourth-order valence-corrected chi connectivity index (χ4v) is 11.9. The molecule has 0 heterocycles. The summed E-state index contributed by atoms with van der Waals surface area (Å²) in [4.78, 5) is 0. The van der Waals surface area contributed by atoms with Gasteiger partial charge in [-0.1, -0.05) is 224 Å². The fraction of sp³-hybridized carbons (Fsp3) is 0. The minimum Gasteiger partial charge on any atom is -0.0836 e. The van der Waals surface area contributed by atoms with E-state index in [0.29, 0.717) is 0 Å². The van der Waals surface area contributed by atoms with Gasteiger partial charge in [0.15, 0.2) is 0 Å². The summed E-state index contributed by atoms with van der Waals surface area (Å²) in [5, 5.41) is 10.6. The van der Waals surface area contributed by atoms with Gasteiger partial charge in [0.2, 0.25) is 0 Å². The zero-order chi connectivity index (χ0) is 42.8. The van der Waals surface area contributed by atoms with Crippen LogP contribution in [-0.2, 0) is 0 Å². The summed E-state index contributed by atoms with van der Waals surface area (Å²) < 4.78 is 0. The minimum absolute atomic E-state index is 0.735. The highest BCUT2D eigenvalue weighted by atomic mass is 35.5. The monoisotopic (exact) mass is 840 g/mol. The Morgan fingerprint density at radius 3 is 1.05 bits per heavy atom. The third-order valence-electron chi connectivity index (χ3n) is 14.2. The van der Waals surface area contributed by atoms with Gasteiger partial charge in [-0.3, -0.25) is 0 Å². The molecule has 0 spiro atoms. The van der Waals surface area contributed by atoms with E-state index in [1.165, 1.54) is 127 Å². The largest absolute Gasteiger partial charge is 0.0836 e. The first kappa shape index (κ1) is 36.5. The molecule has 0 bridgehead atoms. The molecule has 12 aromatic carbocycles. The topological polar surface area (TPSA) is 0 Å². The maximum atomic E-state index is 7.78. The highest BCUT2D eigenvalue weighted by Gasteiger charge is 2.33. The number of hydrogen-bond donors (Lipinski definition) is 0. The van der Waals surface area contributed by atoms with Crippen LogP contribution in [0.25, 0.3) is 143 Å². The van der Waals surface area contributed by atoms with Crippen molar-refractivity contribution in [3.63, 3.8) is 0 Å². The molecule has 0 radical (unpaired) electrons. The molecular formula is C64H37Cl. The summed E-state index contributed by atoms with van der Waals surface area (Å²) >= 11 is 7.78. The van der Waals surface area contributed by atoms with E-state index >= 15 is 0 Å². The molecule has 0 unspecified atom stereocenters. The predicted octanol–water partition coefficient (Wildman–Crippen LogP) is 18.6. The van der Waals surface area contributed by atoms with Crippen LogP contribution < -0.4 is 0 Å². The van der Waals surface area contributed by atoms with Crippen molar-refractivity contribution in [3.05, 3.63) is 229 Å². The first-order valence-corrected chi connectivity index (χ1v) is 22.8. The van der Waals surface area contributed by atoms with Gasteiger partial charge in [0, 0.05) is 10.6 Å². The average Bonchev–Trinajstić information content (AvgIpc) is 3.88. The molecule has 12 aromatic rings. The van der Waals surface area contributed by atoms with E-state index < -0.39 is 0 Å². The highest BCUT2D eigenvalue weighted by molar-refractivity contribution is 6.37. The number of halogens is 1. The summed E-state index contributed by atoms with van der Waals surface area (Å²) in [5.74, 6) is 0. The maximum Gasteiger partial charge on any atom is 0.0491 e. The van der Waals surface area contributed by atoms with Crippen LogP contribution in [0.2, 0.25) is 5.02 Å². The van der Waals surface area contributed by atoms with Crippen LogP contribution >= 0.6 is 11.6 Å². The third kappa shape index (κ3) is 5.15. The van der Waals surface area contributed by atoms with Gasteiger partial charge in [-0.2, -0.15) is 0 Å². The van der Waals surface area contributed by atoms with Crippen molar-refractivity contribution in [2.45, 2.75) is 0 Å². The minimum atomic E-state index is 0.735. The second kappa shape index (κ2) is 14.0. The lowest BCUT2D eigenvalue weighted by molar-refractivity contribution is 1.61. The fourth-order valence-electron chi connectivity index (χ4n) is 11.7. The molecule has 300 valence electrons. The van der Waals surface area contributed by atoms with Gasteiger partial charge in [0.05, 0.1) is 0 Å². The van der Waals surface area contributed by atoms with Gasteiger partial charge in [-0.05, 0) is 150 Å². The molecule has 0 N–H and O–H groups in total. The van der Waals surface area contributed by atoms with Crippen LogP contribution in [0.15, 0.2) is 224 Å². The number of hydrogen-bond acceptors (Lipinski definition) is 0. The molecule has 0 aliphatic heterocycles. The molecule has 2 aliphatic carbocycles. The van der Waals surface area contributed by atoms with E-state index in [9.17, 15) is 0 Å².